The summed E-state index contributed by atoms with van der Waals surface area (Å²) in [4.78, 5) is 48.0. The molecule has 0 radical (unpaired) electrons. The third-order valence-corrected chi connectivity index (χ3v) is 9.05. The van der Waals surface area contributed by atoms with Gasteiger partial charge in [0.05, 0.1) is 11.4 Å². The van der Waals surface area contributed by atoms with Crippen molar-refractivity contribution in [3.8, 4) is 0 Å². The third-order valence-electron chi connectivity index (χ3n) is 9.05. The van der Waals surface area contributed by atoms with Crippen LogP contribution in [0.25, 0.3) is 0 Å². The predicted molar refractivity (Wildman–Crippen MR) is 163 cm³/mol. The number of nitrogens with zero attached hydrogens (tertiary/aromatic N) is 4. The van der Waals surface area contributed by atoms with Gasteiger partial charge in [0.1, 0.15) is 5.82 Å². The van der Waals surface area contributed by atoms with Gasteiger partial charge in [0, 0.05) is 72.6 Å². The molecule has 5 heterocycles. The Morgan fingerprint density at radius 3 is 2.58 bits per heavy atom. The van der Waals surface area contributed by atoms with Gasteiger partial charge in [0.25, 0.3) is 17.4 Å². The molecule has 0 unspecified atom stereocenters. The van der Waals surface area contributed by atoms with Gasteiger partial charge in [-0.15, -0.1) is 0 Å². The fraction of sp³-hybridized carbons (Fsp3) is 0.294. The Morgan fingerprint density at radius 1 is 0.930 bits per heavy atom. The van der Waals surface area contributed by atoms with Gasteiger partial charge < -0.3 is 19.7 Å². The SMILES string of the molecule is C[C@@H]1CCc2cc(F)ccc2N1C(=O)c1ccc(N2C[C@H]3C[C@@H](C2)c2cccc(=O)n2C3)c(NC(=O)c2ccncc2)c1. The number of benzene rings is 2. The van der Waals surface area contributed by atoms with E-state index in [9.17, 15) is 18.8 Å². The summed E-state index contributed by atoms with van der Waals surface area (Å²) in [7, 11) is 0. The fourth-order valence-electron chi connectivity index (χ4n) is 7.00. The molecule has 7 rings (SSSR count). The van der Waals surface area contributed by atoms with Crippen LogP contribution in [0, 0.1) is 11.7 Å². The molecule has 1 saturated heterocycles. The van der Waals surface area contributed by atoms with E-state index in [0.717, 1.165) is 42.0 Å². The third kappa shape index (κ3) is 4.98. The topological polar surface area (TPSA) is 87.5 Å². The van der Waals surface area contributed by atoms with Crippen molar-refractivity contribution in [2.75, 3.05) is 28.2 Å². The van der Waals surface area contributed by atoms with Crippen molar-refractivity contribution in [1.82, 2.24) is 9.55 Å². The molecule has 0 saturated carbocycles. The van der Waals surface area contributed by atoms with Crippen LogP contribution in [0.4, 0.5) is 21.5 Å². The van der Waals surface area contributed by atoms with Gasteiger partial charge in [-0.05, 0) is 92.3 Å². The van der Waals surface area contributed by atoms with E-state index in [1.807, 2.05) is 35.8 Å². The van der Waals surface area contributed by atoms with Crippen LogP contribution >= 0.6 is 0 Å². The Balaban J connectivity index is 1.25. The molecule has 0 spiro atoms. The maximum Gasteiger partial charge on any atom is 0.258 e. The van der Waals surface area contributed by atoms with Crippen LogP contribution in [0.3, 0.4) is 0 Å². The zero-order valence-corrected chi connectivity index (χ0v) is 23.9. The number of carbonyl (C=O) groups excluding carboxylic acids is 2. The molecule has 2 aromatic carbocycles. The zero-order chi connectivity index (χ0) is 29.7. The first-order valence-electron chi connectivity index (χ1n) is 14.8. The molecule has 3 aliphatic rings. The van der Waals surface area contributed by atoms with Crippen molar-refractivity contribution in [1.29, 1.82) is 0 Å². The average Bonchev–Trinajstić information content (AvgIpc) is 3.01. The maximum absolute atomic E-state index is 14.0. The molecule has 0 aliphatic carbocycles. The van der Waals surface area contributed by atoms with Crippen LogP contribution in [0.1, 0.15) is 57.7 Å². The number of anilines is 3. The second-order valence-electron chi connectivity index (χ2n) is 11.9. The number of pyridine rings is 2. The number of aromatic nitrogens is 2. The minimum atomic E-state index is -0.315. The summed E-state index contributed by atoms with van der Waals surface area (Å²) in [6.45, 7) is 4.07. The summed E-state index contributed by atoms with van der Waals surface area (Å²) < 4.78 is 15.9. The second kappa shape index (κ2) is 10.8. The number of rotatable bonds is 4. The van der Waals surface area contributed by atoms with Crippen LogP contribution in [0.2, 0.25) is 0 Å². The number of carbonyl (C=O) groups is 2. The molecule has 2 bridgehead atoms. The summed E-state index contributed by atoms with van der Waals surface area (Å²) in [5, 5.41) is 3.07. The highest BCUT2D eigenvalue weighted by molar-refractivity contribution is 6.10. The Labute approximate surface area is 248 Å². The van der Waals surface area contributed by atoms with Crippen LogP contribution in [0.5, 0.6) is 0 Å². The molecule has 3 atom stereocenters. The number of hydrogen-bond donors (Lipinski definition) is 1. The van der Waals surface area contributed by atoms with Crippen molar-refractivity contribution in [2.24, 2.45) is 5.92 Å². The van der Waals surface area contributed by atoms with Gasteiger partial charge in [-0.3, -0.25) is 19.4 Å². The van der Waals surface area contributed by atoms with E-state index in [2.05, 4.69) is 15.2 Å². The van der Waals surface area contributed by atoms with E-state index in [1.54, 1.807) is 47.6 Å². The first-order valence-corrected chi connectivity index (χ1v) is 14.8. The molecular weight excluding hydrogens is 545 g/mol. The van der Waals surface area contributed by atoms with Crippen molar-refractivity contribution in [3.63, 3.8) is 0 Å². The Morgan fingerprint density at radius 2 is 1.74 bits per heavy atom. The summed E-state index contributed by atoms with van der Waals surface area (Å²) in [6, 6.07) is 18.7. The normalized spacial score (nSPS) is 20.7. The van der Waals surface area contributed by atoms with E-state index >= 15 is 0 Å². The van der Waals surface area contributed by atoms with Gasteiger partial charge in [0.15, 0.2) is 0 Å². The number of halogens is 1. The van der Waals surface area contributed by atoms with Gasteiger partial charge in [-0.25, -0.2) is 4.39 Å². The molecule has 3 aliphatic heterocycles. The highest BCUT2D eigenvalue weighted by atomic mass is 19.1. The summed E-state index contributed by atoms with van der Waals surface area (Å²) in [6.07, 6.45) is 5.57. The zero-order valence-electron chi connectivity index (χ0n) is 23.9. The van der Waals surface area contributed by atoms with Crippen molar-refractivity contribution < 1.29 is 14.0 Å². The Bertz CT molecular complexity index is 1790. The van der Waals surface area contributed by atoms with Crippen LogP contribution < -0.4 is 20.7 Å². The summed E-state index contributed by atoms with van der Waals surface area (Å²) >= 11 is 0. The smallest absolute Gasteiger partial charge is 0.258 e. The van der Waals surface area contributed by atoms with Crippen molar-refractivity contribution in [3.05, 3.63) is 118 Å². The number of fused-ring (bicyclic) bond motifs is 5. The lowest BCUT2D eigenvalue weighted by molar-refractivity contribution is 0.0973. The molecule has 1 N–H and O–H groups in total. The number of amides is 2. The molecular formula is C34H32FN5O3. The predicted octanol–water partition coefficient (Wildman–Crippen LogP) is 5.24. The van der Waals surface area contributed by atoms with Gasteiger partial charge in [-0.2, -0.15) is 0 Å². The van der Waals surface area contributed by atoms with E-state index in [0.29, 0.717) is 36.3 Å². The molecule has 43 heavy (non-hydrogen) atoms. The lowest BCUT2D eigenvalue weighted by Gasteiger charge is -2.44. The summed E-state index contributed by atoms with van der Waals surface area (Å²) in [5.74, 6) is -0.352. The Hall–Kier alpha value is -4.79. The van der Waals surface area contributed by atoms with Gasteiger partial charge >= 0.3 is 0 Å². The first-order chi connectivity index (χ1) is 20.9. The first kappa shape index (κ1) is 27.1. The minimum Gasteiger partial charge on any atom is -0.369 e. The molecule has 2 amide bonds. The fourth-order valence-corrected chi connectivity index (χ4v) is 7.00. The minimum absolute atomic E-state index is 0.0325. The highest BCUT2D eigenvalue weighted by Crippen LogP contribution is 2.40. The summed E-state index contributed by atoms with van der Waals surface area (Å²) in [5.41, 5.74) is 4.87. The molecule has 8 nitrogen and oxygen atoms in total. The molecule has 4 aromatic rings. The molecule has 1 fully saturated rings. The van der Waals surface area contributed by atoms with E-state index < -0.39 is 0 Å². The lowest BCUT2D eigenvalue weighted by Crippen LogP contribution is -2.47. The standard InChI is InChI=1S/C34H32FN5O3/c1-21-5-6-24-16-27(35)8-10-30(24)40(21)34(43)25-7-9-31(28(17-25)37-33(42)23-11-13-36-14-12-23)38-18-22-15-26(20-38)29-3-2-4-32(41)39(29)19-22/h2-4,7-14,16-17,21-22,26H,5-6,15,18-20H2,1H3,(H,37,42)/t21-,22-,26+/m1/s1. The lowest BCUT2D eigenvalue weighted by atomic mass is 9.83. The van der Waals surface area contributed by atoms with E-state index in [-0.39, 0.29) is 41.1 Å². The second-order valence-corrected chi connectivity index (χ2v) is 11.9. The molecule has 2 aromatic heterocycles. The van der Waals surface area contributed by atoms with Gasteiger partial charge in [-0.1, -0.05) is 6.07 Å². The van der Waals surface area contributed by atoms with Crippen LogP contribution in [0.15, 0.2) is 83.9 Å². The quantitative estimate of drug-likeness (QED) is 0.359. The number of aryl methyl sites for hydroxylation is 1. The van der Waals surface area contributed by atoms with Crippen LogP contribution in [-0.2, 0) is 13.0 Å². The number of piperidine rings is 1. The Kier molecular flexibility index (Phi) is 6.80. The van der Waals surface area contributed by atoms with E-state index in [1.165, 1.54) is 12.1 Å². The van der Waals surface area contributed by atoms with Gasteiger partial charge in [0.2, 0.25) is 0 Å². The average molecular weight is 578 g/mol. The van der Waals surface area contributed by atoms with E-state index in [4.69, 9.17) is 0 Å². The van der Waals surface area contributed by atoms with Crippen LogP contribution in [-0.4, -0.2) is 40.5 Å². The molecule has 218 valence electrons. The van der Waals surface area contributed by atoms with Crippen molar-refractivity contribution >= 4 is 28.9 Å². The maximum atomic E-state index is 14.0. The van der Waals surface area contributed by atoms with Crippen molar-refractivity contribution in [2.45, 2.75) is 44.7 Å². The number of hydrogen-bond acceptors (Lipinski definition) is 5. The molecule has 9 heteroatoms. The monoisotopic (exact) mass is 577 g/mol. The largest absolute Gasteiger partial charge is 0.369 e. The number of nitrogens with one attached hydrogen (secondary N) is 1. The highest BCUT2D eigenvalue weighted by Gasteiger charge is 2.36.